The van der Waals surface area contributed by atoms with Crippen LogP contribution in [-0.2, 0) is 30.5 Å². The lowest BCUT2D eigenvalue weighted by Gasteiger charge is -2.31. The van der Waals surface area contributed by atoms with Crippen molar-refractivity contribution >= 4 is 29.7 Å². The molecule has 3 rings (SSSR count). The Kier molecular flexibility index (Phi) is 10.7. The van der Waals surface area contributed by atoms with Gasteiger partial charge in [0.2, 0.25) is 17.7 Å². The zero-order chi connectivity index (χ0) is 29.4. The first-order valence-corrected chi connectivity index (χ1v) is 13.2. The lowest BCUT2D eigenvalue weighted by molar-refractivity contribution is -0.145. The third kappa shape index (κ3) is 7.82. The molecule has 0 unspecified atom stereocenters. The standard InChI is InChI=1S/C26H36N6O8/c1-15(33)20(22(27)35)29-30-23(36)18-10-12-31(13-18)24(37)19-9-6-11-32(19)25(38)21(16(2)34)28-26(39)40-14-17-7-4-3-5-8-17/h3-5,7-8,15-16,18-21,33-34H,6,9-14H2,1-2H3,(H2,27,35)(H,28,39)/t15-,16-,18-,19-,20+,21+/m1/s1. The van der Waals surface area contributed by atoms with Crippen molar-refractivity contribution in [2.24, 2.45) is 21.9 Å². The van der Waals surface area contributed by atoms with Crippen molar-refractivity contribution < 1.29 is 38.9 Å². The number of hydrogen-bond acceptors (Lipinski definition) is 9. The third-order valence-electron chi connectivity index (χ3n) is 6.93. The summed E-state index contributed by atoms with van der Waals surface area (Å²) in [5, 5.41) is 29.3. The van der Waals surface area contributed by atoms with E-state index in [9.17, 15) is 34.2 Å². The Hall–Kier alpha value is -3.91. The van der Waals surface area contributed by atoms with Crippen LogP contribution in [0.5, 0.6) is 0 Å². The largest absolute Gasteiger partial charge is 0.445 e. The van der Waals surface area contributed by atoms with Gasteiger partial charge in [-0.25, -0.2) is 4.79 Å². The fourth-order valence-electron chi connectivity index (χ4n) is 4.71. The van der Waals surface area contributed by atoms with Gasteiger partial charge in [0.05, 0.1) is 18.1 Å². The summed E-state index contributed by atoms with van der Waals surface area (Å²) in [7, 11) is 0. The smallest absolute Gasteiger partial charge is 0.408 e. The number of alkyl carbamates (subject to hydrolysis) is 1. The average Bonchev–Trinajstić information content (AvgIpc) is 3.60. The lowest BCUT2D eigenvalue weighted by atomic mass is 10.1. The highest BCUT2D eigenvalue weighted by Crippen LogP contribution is 2.25. The lowest BCUT2D eigenvalue weighted by Crippen LogP contribution is -2.57. The number of carbonyl (C=O) groups excluding carboxylic acids is 5. The van der Waals surface area contributed by atoms with Crippen LogP contribution in [-0.4, -0.2) is 99.7 Å². The van der Waals surface area contributed by atoms with Crippen molar-refractivity contribution in [3.05, 3.63) is 35.9 Å². The Morgan fingerprint density at radius 2 is 1.77 bits per heavy atom. The summed E-state index contributed by atoms with van der Waals surface area (Å²) in [6, 6.07) is 5.47. The number of hydrogen-bond donors (Lipinski definition) is 4. The van der Waals surface area contributed by atoms with Crippen molar-refractivity contribution in [3.8, 4) is 0 Å². The molecule has 2 fully saturated rings. The van der Waals surface area contributed by atoms with E-state index >= 15 is 0 Å². The van der Waals surface area contributed by atoms with E-state index in [4.69, 9.17) is 10.5 Å². The molecule has 1 aromatic rings. The second-order valence-electron chi connectivity index (χ2n) is 10.0. The molecule has 5 amide bonds. The van der Waals surface area contributed by atoms with E-state index in [0.717, 1.165) is 5.56 Å². The Balaban J connectivity index is 1.59. The van der Waals surface area contributed by atoms with E-state index in [1.54, 1.807) is 24.3 Å². The highest BCUT2D eigenvalue weighted by atomic mass is 16.5. The van der Waals surface area contributed by atoms with Gasteiger partial charge in [0.25, 0.3) is 5.91 Å². The summed E-state index contributed by atoms with van der Waals surface area (Å²) in [5.74, 6) is -3.19. The molecule has 6 atom stereocenters. The third-order valence-corrected chi connectivity index (χ3v) is 6.93. The summed E-state index contributed by atoms with van der Waals surface area (Å²) in [6.07, 6.45) is -2.10. The fraction of sp³-hybridized carbons (Fsp3) is 0.577. The number of aliphatic hydroxyl groups excluding tert-OH is 2. The number of ether oxygens (including phenoxy) is 1. The molecule has 0 spiro atoms. The molecule has 0 aromatic heterocycles. The number of nitrogens with one attached hydrogen (secondary N) is 1. The molecule has 14 heteroatoms. The number of amides is 5. The van der Waals surface area contributed by atoms with Crippen LogP contribution < -0.4 is 11.1 Å². The Bertz CT molecular complexity index is 1110. The van der Waals surface area contributed by atoms with Crippen molar-refractivity contribution in [2.75, 3.05) is 19.6 Å². The SMILES string of the molecule is C[C@@H](O)[C@H](N=NC(=O)[C@@H]1CCN(C(=O)[C@H]2CCCN2C(=O)[C@@H](NC(=O)OCc2ccccc2)[C@@H](C)O)C1)C(N)=O. The number of primary amides is 1. The first kappa shape index (κ1) is 30.6. The predicted molar refractivity (Wildman–Crippen MR) is 139 cm³/mol. The van der Waals surface area contributed by atoms with Gasteiger partial charge in [0.15, 0.2) is 6.04 Å². The van der Waals surface area contributed by atoms with E-state index in [2.05, 4.69) is 15.5 Å². The number of aliphatic hydroxyl groups is 2. The van der Waals surface area contributed by atoms with E-state index in [1.807, 2.05) is 6.07 Å². The molecule has 0 bridgehead atoms. The van der Waals surface area contributed by atoms with E-state index in [0.29, 0.717) is 19.3 Å². The molecular weight excluding hydrogens is 524 g/mol. The molecule has 14 nitrogen and oxygen atoms in total. The topological polar surface area (TPSA) is 204 Å². The summed E-state index contributed by atoms with van der Waals surface area (Å²) in [4.78, 5) is 65.7. The van der Waals surface area contributed by atoms with Crippen LogP contribution >= 0.6 is 0 Å². The number of likely N-dealkylation sites (tertiary alicyclic amines) is 2. The maximum atomic E-state index is 13.3. The summed E-state index contributed by atoms with van der Waals surface area (Å²) in [6.45, 7) is 3.21. The van der Waals surface area contributed by atoms with Crippen LogP contribution in [0.4, 0.5) is 4.79 Å². The molecule has 2 saturated heterocycles. The fourth-order valence-corrected chi connectivity index (χ4v) is 4.71. The van der Waals surface area contributed by atoms with Gasteiger partial charge in [-0.15, -0.1) is 5.11 Å². The zero-order valence-corrected chi connectivity index (χ0v) is 22.5. The molecule has 5 N–H and O–H groups in total. The van der Waals surface area contributed by atoms with Gasteiger partial charge in [-0.1, -0.05) is 30.3 Å². The molecule has 2 heterocycles. The highest BCUT2D eigenvalue weighted by Gasteiger charge is 2.43. The second-order valence-corrected chi connectivity index (χ2v) is 10.0. The van der Waals surface area contributed by atoms with Gasteiger partial charge >= 0.3 is 6.09 Å². The molecule has 2 aliphatic heterocycles. The van der Waals surface area contributed by atoms with Gasteiger partial charge in [-0.3, -0.25) is 19.2 Å². The van der Waals surface area contributed by atoms with Crippen LogP contribution in [0.1, 0.15) is 38.7 Å². The molecule has 1 aromatic carbocycles. The van der Waals surface area contributed by atoms with Gasteiger partial charge in [0.1, 0.15) is 18.7 Å². The minimum absolute atomic E-state index is 0.0190. The molecule has 2 aliphatic rings. The predicted octanol–water partition coefficient (Wildman–Crippen LogP) is -0.285. The van der Waals surface area contributed by atoms with Crippen LogP contribution in [0.3, 0.4) is 0 Å². The minimum Gasteiger partial charge on any atom is -0.445 e. The number of nitrogens with two attached hydrogens (primary N) is 1. The van der Waals surface area contributed by atoms with E-state index < -0.39 is 60.1 Å². The number of nitrogens with zero attached hydrogens (tertiary/aromatic N) is 4. The van der Waals surface area contributed by atoms with E-state index in [1.165, 1.54) is 23.6 Å². The van der Waals surface area contributed by atoms with Crippen molar-refractivity contribution in [2.45, 2.75) is 70.1 Å². The molecule has 40 heavy (non-hydrogen) atoms. The van der Waals surface area contributed by atoms with Crippen LogP contribution in [0.15, 0.2) is 40.6 Å². The maximum absolute atomic E-state index is 13.3. The van der Waals surface area contributed by atoms with Crippen molar-refractivity contribution in [1.29, 1.82) is 0 Å². The Morgan fingerprint density at radius 3 is 2.40 bits per heavy atom. The first-order chi connectivity index (χ1) is 19.0. The molecule has 0 radical (unpaired) electrons. The monoisotopic (exact) mass is 560 g/mol. The van der Waals surface area contributed by atoms with Crippen LogP contribution in [0.2, 0.25) is 0 Å². The quantitative estimate of drug-likeness (QED) is 0.279. The van der Waals surface area contributed by atoms with Gasteiger partial charge in [-0.2, -0.15) is 5.11 Å². The average molecular weight is 561 g/mol. The van der Waals surface area contributed by atoms with Crippen molar-refractivity contribution in [1.82, 2.24) is 15.1 Å². The van der Waals surface area contributed by atoms with E-state index in [-0.39, 0.29) is 32.1 Å². The number of azo groups is 1. The highest BCUT2D eigenvalue weighted by molar-refractivity contribution is 5.92. The van der Waals surface area contributed by atoms with Gasteiger partial charge < -0.3 is 35.8 Å². The minimum atomic E-state index is -1.35. The summed E-state index contributed by atoms with van der Waals surface area (Å²) >= 11 is 0. The van der Waals surface area contributed by atoms with Crippen LogP contribution in [0.25, 0.3) is 0 Å². The Morgan fingerprint density at radius 1 is 1.07 bits per heavy atom. The van der Waals surface area contributed by atoms with Crippen LogP contribution in [0, 0.1) is 5.92 Å². The zero-order valence-electron chi connectivity index (χ0n) is 22.5. The van der Waals surface area contributed by atoms with Gasteiger partial charge in [-0.05, 0) is 38.7 Å². The first-order valence-electron chi connectivity index (χ1n) is 13.2. The maximum Gasteiger partial charge on any atom is 0.408 e. The molecular formula is C26H36N6O8. The normalized spacial score (nSPS) is 22.0. The molecule has 218 valence electrons. The second kappa shape index (κ2) is 13.9. The summed E-state index contributed by atoms with van der Waals surface area (Å²) < 4.78 is 5.18. The number of rotatable bonds is 10. The summed E-state index contributed by atoms with van der Waals surface area (Å²) in [5.41, 5.74) is 5.91. The van der Waals surface area contributed by atoms with Crippen molar-refractivity contribution in [3.63, 3.8) is 0 Å². The number of benzene rings is 1. The molecule has 0 aliphatic carbocycles. The Labute approximate surface area is 231 Å². The number of carbonyl (C=O) groups is 5. The van der Waals surface area contributed by atoms with Gasteiger partial charge in [0, 0.05) is 19.6 Å². The molecule has 0 saturated carbocycles.